The molecule has 16 heavy (non-hydrogen) atoms. The van der Waals surface area contributed by atoms with Crippen LogP contribution in [0.25, 0.3) is 11.0 Å². The second-order valence-electron chi connectivity index (χ2n) is 3.85. The third kappa shape index (κ3) is 1.94. The number of unbranched alkanes of at least 4 members (excludes halogenated alkanes) is 1. The zero-order valence-corrected chi connectivity index (χ0v) is 9.19. The second kappa shape index (κ2) is 4.39. The molecule has 2 aromatic rings. The van der Waals surface area contributed by atoms with Gasteiger partial charge in [-0.15, -0.1) is 0 Å². The van der Waals surface area contributed by atoms with E-state index in [2.05, 4.69) is 6.92 Å². The van der Waals surface area contributed by atoms with Crippen LogP contribution in [-0.2, 0) is 6.42 Å². The van der Waals surface area contributed by atoms with Gasteiger partial charge in [0, 0.05) is 11.8 Å². The zero-order chi connectivity index (χ0) is 11.5. The van der Waals surface area contributed by atoms with E-state index < -0.39 is 5.97 Å². The molecule has 0 amide bonds. The second-order valence-corrected chi connectivity index (χ2v) is 3.85. The first-order valence-corrected chi connectivity index (χ1v) is 5.47. The standard InChI is InChI=1S/C13H14O3/c1-2-3-6-10-8-9-5-4-7-11(13(14)15)12(9)16-10/h4-5,7-8H,2-3,6H2,1H3,(H,14,15). The molecule has 1 heterocycles. The lowest BCUT2D eigenvalue weighted by Crippen LogP contribution is -1.95. The van der Waals surface area contributed by atoms with Crippen LogP contribution in [0.15, 0.2) is 28.7 Å². The van der Waals surface area contributed by atoms with Crippen molar-refractivity contribution in [3.63, 3.8) is 0 Å². The number of furan rings is 1. The Morgan fingerprint density at radius 2 is 2.25 bits per heavy atom. The smallest absolute Gasteiger partial charge is 0.339 e. The van der Waals surface area contributed by atoms with Crippen molar-refractivity contribution in [2.24, 2.45) is 0 Å². The zero-order valence-electron chi connectivity index (χ0n) is 9.19. The van der Waals surface area contributed by atoms with Crippen molar-refractivity contribution in [1.29, 1.82) is 0 Å². The van der Waals surface area contributed by atoms with E-state index in [1.807, 2.05) is 12.1 Å². The molecule has 0 aliphatic carbocycles. The summed E-state index contributed by atoms with van der Waals surface area (Å²) in [5.41, 5.74) is 0.723. The Hall–Kier alpha value is -1.77. The van der Waals surface area contributed by atoms with Crippen molar-refractivity contribution in [3.8, 4) is 0 Å². The maximum absolute atomic E-state index is 11.0. The summed E-state index contributed by atoms with van der Waals surface area (Å²) < 4.78 is 5.58. The number of hydrogen-bond donors (Lipinski definition) is 1. The molecule has 0 spiro atoms. The van der Waals surface area contributed by atoms with Crippen LogP contribution < -0.4 is 0 Å². The van der Waals surface area contributed by atoms with Crippen LogP contribution in [-0.4, -0.2) is 11.1 Å². The molecule has 3 heteroatoms. The minimum atomic E-state index is -0.943. The normalized spacial score (nSPS) is 10.8. The number of carboxylic acids is 1. The summed E-state index contributed by atoms with van der Waals surface area (Å²) in [6.45, 7) is 2.12. The van der Waals surface area contributed by atoms with Gasteiger partial charge in [-0.3, -0.25) is 0 Å². The number of para-hydroxylation sites is 1. The van der Waals surface area contributed by atoms with E-state index >= 15 is 0 Å². The molecule has 1 aromatic heterocycles. The molecule has 0 radical (unpaired) electrons. The number of carbonyl (C=O) groups is 1. The van der Waals surface area contributed by atoms with Gasteiger partial charge in [0.25, 0.3) is 0 Å². The van der Waals surface area contributed by atoms with Gasteiger partial charge in [0.15, 0.2) is 0 Å². The van der Waals surface area contributed by atoms with Gasteiger partial charge < -0.3 is 9.52 Å². The van der Waals surface area contributed by atoms with Crippen LogP contribution in [0.3, 0.4) is 0 Å². The van der Waals surface area contributed by atoms with Crippen LogP contribution >= 0.6 is 0 Å². The third-order valence-electron chi connectivity index (χ3n) is 2.60. The summed E-state index contributed by atoms with van der Waals surface area (Å²) in [4.78, 5) is 11.0. The van der Waals surface area contributed by atoms with E-state index in [-0.39, 0.29) is 5.56 Å². The van der Waals surface area contributed by atoms with Crippen molar-refractivity contribution >= 4 is 16.9 Å². The van der Waals surface area contributed by atoms with Crippen LogP contribution in [0.1, 0.15) is 35.9 Å². The lowest BCUT2D eigenvalue weighted by atomic mass is 10.1. The van der Waals surface area contributed by atoms with Crippen LogP contribution in [0.2, 0.25) is 0 Å². The van der Waals surface area contributed by atoms with E-state index in [1.54, 1.807) is 12.1 Å². The quantitative estimate of drug-likeness (QED) is 0.854. The molecule has 0 fully saturated rings. The highest BCUT2D eigenvalue weighted by Crippen LogP contribution is 2.24. The minimum absolute atomic E-state index is 0.236. The van der Waals surface area contributed by atoms with Gasteiger partial charge in [-0.1, -0.05) is 25.5 Å². The van der Waals surface area contributed by atoms with Crippen LogP contribution in [0.4, 0.5) is 0 Å². The van der Waals surface area contributed by atoms with Gasteiger partial charge in [-0.25, -0.2) is 4.79 Å². The molecule has 84 valence electrons. The lowest BCUT2D eigenvalue weighted by Gasteiger charge is -1.95. The number of aromatic carboxylic acids is 1. The molecule has 1 N–H and O–H groups in total. The molecule has 0 aliphatic rings. The average Bonchev–Trinajstić information content (AvgIpc) is 2.68. The number of aryl methyl sites for hydroxylation is 1. The predicted molar refractivity (Wildman–Crippen MR) is 61.8 cm³/mol. The van der Waals surface area contributed by atoms with E-state index in [0.29, 0.717) is 5.58 Å². The summed E-state index contributed by atoms with van der Waals surface area (Å²) >= 11 is 0. The SMILES string of the molecule is CCCCc1cc2cccc(C(=O)O)c2o1. The first-order valence-electron chi connectivity index (χ1n) is 5.47. The monoisotopic (exact) mass is 218 g/mol. The van der Waals surface area contributed by atoms with Crippen molar-refractivity contribution in [2.75, 3.05) is 0 Å². The van der Waals surface area contributed by atoms with Crippen molar-refractivity contribution < 1.29 is 14.3 Å². The Labute approximate surface area is 93.7 Å². The number of benzene rings is 1. The molecule has 2 rings (SSSR count). The Morgan fingerprint density at radius 3 is 2.94 bits per heavy atom. The van der Waals surface area contributed by atoms with Crippen molar-refractivity contribution in [1.82, 2.24) is 0 Å². The third-order valence-corrected chi connectivity index (χ3v) is 2.60. The summed E-state index contributed by atoms with van der Waals surface area (Å²) in [7, 11) is 0. The molecule has 0 unspecified atom stereocenters. The Morgan fingerprint density at radius 1 is 1.44 bits per heavy atom. The maximum atomic E-state index is 11.0. The highest BCUT2D eigenvalue weighted by molar-refractivity contribution is 6.01. The molecule has 0 aliphatic heterocycles. The van der Waals surface area contributed by atoms with E-state index in [1.165, 1.54) is 0 Å². The summed E-state index contributed by atoms with van der Waals surface area (Å²) in [6.07, 6.45) is 3.02. The number of carboxylic acid groups (broad SMARTS) is 1. The number of rotatable bonds is 4. The molecular formula is C13H14O3. The topological polar surface area (TPSA) is 50.4 Å². The van der Waals surface area contributed by atoms with Gasteiger partial charge in [-0.2, -0.15) is 0 Å². The highest BCUT2D eigenvalue weighted by Gasteiger charge is 2.12. The Bertz CT molecular complexity index is 511. The molecule has 0 saturated heterocycles. The fourth-order valence-electron chi connectivity index (χ4n) is 1.76. The average molecular weight is 218 g/mol. The molecular weight excluding hydrogens is 204 g/mol. The van der Waals surface area contributed by atoms with E-state index in [9.17, 15) is 4.79 Å². The van der Waals surface area contributed by atoms with E-state index in [0.717, 1.165) is 30.4 Å². The number of fused-ring (bicyclic) bond motifs is 1. The van der Waals surface area contributed by atoms with E-state index in [4.69, 9.17) is 9.52 Å². The van der Waals surface area contributed by atoms with Crippen LogP contribution in [0, 0.1) is 0 Å². The molecule has 0 bridgehead atoms. The predicted octanol–water partition coefficient (Wildman–Crippen LogP) is 3.47. The van der Waals surface area contributed by atoms with Gasteiger partial charge in [0.05, 0.1) is 0 Å². The van der Waals surface area contributed by atoms with Gasteiger partial charge in [0.1, 0.15) is 16.9 Å². The number of hydrogen-bond acceptors (Lipinski definition) is 2. The summed E-state index contributed by atoms with van der Waals surface area (Å²) in [5.74, 6) is -0.0764. The first-order chi connectivity index (χ1) is 7.72. The molecule has 0 saturated carbocycles. The first kappa shape index (κ1) is 10.7. The van der Waals surface area contributed by atoms with Crippen LogP contribution in [0.5, 0.6) is 0 Å². The Balaban J connectivity index is 2.44. The van der Waals surface area contributed by atoms with Gasteiger partial charge >= 0.3 is 5.97 Å². The Kier molecular flexibility index (Phi) is 2.95. The fourth-order valence-corrected chi connectivity index (χ4v) is 1.76. The molecule has 0 atom stereocenters. The summed E-state index contributed by atoms with van der Waals surface area (Å²) in [6, 6.07) is 7.11. The van der Waals surface area contributed by atoms with Crippen molar-refractivity contribution in [3.05, 3.63) is 35.6 Å². The molecule has 3 nitrogen and oxygen atoms in total. The summed E-state index contributed by atoms with van der Waals surface area (Å²) in [5, 5.41) is 9.87. The largest absolute Gasteiger partial charge is 0.478 e. The lowest BCUT2D eigenvalue weighted by molar-refractivity contribution is 0.0698. The van der Waals surface area contributed by atoms with Gasteiger partial charge in [-0.05, 0) is 18.6 Å². The molecule has 1 aromatic carbocycles. The minimum Gasteiger partial charge on any atom is -0.478 e. The fraction of sp³-hybridized carbons (Fsp3) is 0.308. The highest BCUT2D eigenvalue weighted by atomic mass is 16.4. The van der Waals surface area contributed by atoms with Gasteiger partial charge in [0.2, 0.25) is 0 Å². The van der Waals surface area contributed by atoms with Crippen molar-refractivity contribution in [2.45, 2.75) is 26.2 Å². The maximum Gasteiger partial charge on any atom is 0.339 e.